The number of thiophene rings is 1. The molecule has 0 spiro atoms. The van der Waals surface area contributed by atoms with Gasteiger partial charge < -0.3 is 9.84 Å². The monoisotopic (exact) mass is 229 g/mol. The molecule has 0 fully saturated rings. The van der Waals surface area contributed by atoms with E-state index >= 15 is 0 Å². The average Bonchev–Trinajstić information content (AvgIpc) is 2.67. The van der Waals surface area contributed by atoms with Gasteiger partial charge in [0.1, 0.15) is 0 Å². The summed E-state index contributed by atoms with van der Waals surface area (Å²) in [5.41, 5.74) is 0. The number of ether oxygens (including phenoxy) is 1. The Kier molecular flexibility index (Phi) is 5.86. The lowest BCUT2D eigenvalue weighted by Gasteiger charge is -2.19. The van der Waals surface area contributed by atoms with Crippen LogP contribution in [0.2, 0.25) is 0 Å². The van der Waals surface area contributed by atoms with Crippen LogP contribution in [0.1, 0.15) is 11.8 Å². The molecule has 86 valence electrons. The van der Waals surface area contributed by atoms with E-state index in [4.69, 9.17) is 4.74 Å². The predicted molar refractivity (Wildman–Crippen MR) is 63.2 cm³/mol. The van der Waals surface area contributed by atoms with Crippen molar-refractivity contribution < 1.29 is 9.84 Å². The number of nitrogens with zero attached hydrogens (tertiary/aromatic N) is 1. The van der Waals surface area contributed by atoms with E-state index < -0.39 is 6.10 Å². The summed E-state index contributed by atoms with van der Waals surface area (Å²) in [6, 6.07) is 4.15. The molecule has 15 heavy (non-hydrogen) atoms. The van der Waals surface area contributed by atoms with E-state index in [1.807, 2.05) is 20.0 Å². The van der Waals surface area contributed by atoms with Gasteiger partial charge in [0, 0.05) is 24.6 Å². The molecule has 4 heteroatoms. The molecule has 1 heterocycles. The Morgan fingerprint density at radius 1 is 1.60 bits per heavy atom. The van der Waals surface area contributed by atoms with Crippen molar-refractivity contribution in [2.45, 2.75) is 19.6 Å². The normalized spacial score (nSPS) is 13.3. The third-order valence-corrected chi connectivity index (χ3v) is 2.90. The summed E-state index contributed by atoms with van der Waals surface area (Å²) in [4.78, 5) is 3.43. The molecule has 1 aromatic rings. The summed E-state index contributed by atoms with van der Waals surface area (Å²) in [7, 11) is 2.01. The van der Waals surface area contributed by atoms with Crippen molar-refractivity contribution in [3.8, 4) is 0 Å². The summed E-state index contributed by atoms with van der Waals surface area (Å²) in [5, 5.41) is 11.7. The first-order valence-corrected chi connectivity index (χ1v) is 6.07. The van der Waals surface area contributed by atoms with Gasteiger partial charge in [-0.1, -0.05) is 6.07 Å². The summed E-state index contributed by atoms with van der Waals surface area (Å²) in [6.07, 6.45) is -0.394. The minimum absolute atomic E-state index is 0.394. The number of hydrogen-bond donors (Lipinski definition) is 1. The first-order chi connectivity index (χ1) is 7.22. The standard InChI is InChI=1S/C11H19NO2S/c1-3-14-9-10(13)7-12(2)8-11-5-4-6-15-11/h4-6,10,13H,3,7-9H2,1-2H3. The number of rotatable bonds is 7. The molecule has 0 saturated carbocycles. The highest BCUT2D eigenvalue weighted by Crippen LogP contribution is 2.10. The van der Waals surface area contributed by atoms with Gasteiger partial charge in [-0.05, 0) is 25.4 Å². The lowest BCUT2D eigenvalue weighted by atomic mass is 10.3. The molecule has 0 bridgehead atoms. The van der Waals surface area contributed by atoms with E-state index in [2.05, 4.69) is 16.3 Å². The molecule has 0 aliphatic heterocycles. The second-order valence-corrected chi connectivity index (χ2v) is 4.62. The van der Waals surface area contributed by atoms with Gasteiger partial charge in [0.25, 0.3) is 0 Å². The van der Waals surface area contributed by atoms with Gasteiger partial charge in [-0.25, -0.2) is 0 Å². The zero-order valence-corrected chi connectivity index (χ0v) is 10.2. The lowest BCUT2D eigenvalue weighted by molar-refractivity contribution is 0.0245. The van der Waals surface area contributed by atoms with Crippen LogP contribution in [0.15, 0.2) is 17.5 Å². The first-order valence-electron chi connectivity index (χ1n) is 5.19. The maximum absolute atomic E-state index is 9.62. The molecule has 0 aliphatic rings. The maximum Gasteiger partial charge on any atom is 0.0900 e. The Hall–Kier alpha value is -0.420. The smallest absolute Gasteiger partial charge is 0.0900 e. The van der Waals surface area contributed by atoms with Crippen LogP contribution in [0.5, 0.6) is 0 Å². The Balaban J connectivity index is 2.20. The topological polar surface area (TPSA) is 32.7 Å². The summed E-state index contributed by atoms with van der Waals surface area (Å²) < 4.78 is 5.16. The molecule has 0 radical (unpaired) electrons. The molecule has 1 unspecified atom stereocenters. The minimum Gasteiger partial charge on any atom is -0.389 e. The van der Waals surface area contributed by atoms with Crippen molar-refractivity contribution >= 4 is 11.3 Å². The SMILES string of the molecule is CCOCC(O)CN(C)Cc1cccs1. The van der Waals surface area contributed by atoms with Crippen LogP contribution < -0.4 is 0 Å². The highest BCUT2D eigenvalue weighted by atomic mass is 32.1. The number of aliphatic hydroxyl groups is 1. The van der Waals surface area contributed by atoms with Crippen molar-refractivity contribution in [2.24, 2.45) is 0 Å². The minimum atomic E-state index is -0.394. The van der Waals surface area contributed by atoms with Crippen LogP contribution in [-0.4, -0.2) is 42.9 Å². The fourth-order valence-electron chi connectivity index (χ4n) is 1.40. The Labute approximate surface area is 95.3 Å². The lowest BCUT2D eigenvalue weighted by Crippen LogP contribution is -2.31. The zero-order valence-electron chi connectivity index (χ0n) is 9.35. The van der Waals surface area contributed by atoms with Crippen LogP contribution in [0.25, 0.3) is 0 Å². The van der Waals surface area contributed by atoms with Gasteiger partial charge in [-0.2, -0.15) is 0 Å². The Morgan fingerprint density at radius 3 is 3.00 bits per heavy atom. The predicted octanol–water partition coefficient (Wildman–Crippen LogP) is 1.58. The largest absolute Gasteiger partial charge is 0.389 e. The Morgan fingerprint density at radius 2 is 2.40 bits per heavy atom. The highest BCUT2D eigenvalue weighted by molar-refractivity contribution is 7.09. The molecule has 3 nitrogen and oxygen atoms in total. The second-order valence-electron chi connectivity index (χ2n) is 3.59. The van der Waals surface area contributed by atoms with Crippen molar-refractivity contribution in [3.63, 3.8) is 0 Å². The molecule has 1 rings (SSSR count). The van der Waals surface area contributed by atoms with Gasteiger partial charge in [-0.15, -0.1) is 11.3 Å². The number of hydrogen-bond acceptors (Lipinski definition) is 4. The molecule has 1 aromatic heterocycles. The van der Waals surface area contributed by atoms with Crippen molar-refractivity contribution in [1.82, 2.24) is 4.90 Å². The molecule has 1 N–H and O–H groups in total. The third kappa shape index (κ3) is 5.28. The quantitative estimate of drug-likeness (QED) is 0.770. The van der Waals surface area contributed by atoms with Gasteiger partial charge in [0.05, 0.1) is 12.7 Å². The van der Waals surface area contributed by atoms with E-state index in [1.54, 1.807) is 11.3 Å². The summed E-state index contributed by atoms with van der Waals surface area (Å²) in [6.45, 7) is 4.55. The zero-order chi connectivity index (χ0) is 11.1. The van der Waals surface area contributed by atoms with Crippen molar-refractivity contribution in [2.75, 3.05) is 26.8 Å². The Bertz CT molecular complexity index is 251. The van der Waals surface area contributed by atoms with Crippen molar-refractivity contribution in [1.29, 1.82) is 0 Å². The molecule has 1 atom stereocenters. The second kappa shape index (κ2) is 6.95. The van der Waals surface area contributed by atoms with Crippen LogP contribution >= 0.6 is 11.3 Å². The highest BCUT2D eigenvalue weighted by Gasteiger charge is 2.08. The first kappa shape index (κ1) is 12.6. The molecular formula is C11H19NO2S. The van der Waals surface area contributed by atoms with Gasteiger partial charge in [0.15, 0.2) is 0 Å². The van der Waals surface area contributed by atoms with Crippen molar-refractivity contribution in [3.05, 3.63) is 22.4 Å². The molecule has 0 aliphatic carbocycles. The van der Waals surface area contributed by atoms with Gasteiger partial charge in [0.2, 0.25) is 0 Å². The molecule has 0 aromatic carbocycles. The van der Waals surface area contributed by atoms with Crippen LogP contribution in [0, 0.1) is 0 Å². The number of likely N-dealkylation sites (N-methyl/N-ethyl adjacent to an activating group) is 1. The van der Waals surface area contributed by atoms with Crippen LogP contribution in [-0.2, 0) is 11.3 Å². The molecule has 0 saturated heterocycles. The average molecular weight is 229 g/mol. The maximum atomic E-state index is 9.62. The van der Waals surface area contributed by atoms with Gasteiger partial charge >= 0.3 is 0 Å². The van der Waals surface area contributed by atoms with Crippen LogP contribution in [0.3, 0.4) is 0 Å². The van der Waals surface area contributed by atoms with E-state index in [0.717, 1.165) is 6.54 Å². The van der Waals surface area contributed by atoms with Crippen LogP contribution in [0.4, 0.5) is 0 Å². The molecular weight excluding hydrogens is 210 g/mol. The third-order valence-electron chi connectivity index (χ3n) is 2.04. The van der Waals surface area contributed by atoms with E-state index in [0.29, 0.717) is 19.8 Å². The fraction of sp³-hybridized carbons (Fsp3) is 0.636. The van der Waals surface area contributed by atoms with E-state index in [-0.39, 0.29) is 0 Å². The van der Waals surface area contributed by atoms with E-state index in [9.17, 15) is 5.11 Å². The van der Waals surface area contributed by atoms with Gasteiger partial charge in [-0.3, -0.25) is 4.90 Å². The number of aliphatic hydroxyl groups excluding tert-OH is 1. The van der Waals surface area contributed by atoms with E-state index in [1.165, 1.54) is 4.88 Å². The summed E-state index contributed by atoms with van der Waals surface area (Å²) in [5.74, 6) is 0. The molecule has 0 amide bonds. The fourth-order valence-corrected chi connectivity index (χ4v) is 2.18. The summed E-state index contributed by atoms with van der Waals surface area (Å²) >= 11 is 1.74.